The van der Waals surface area contributed by atoms with E-state index in [0.717, 1.165) is 96.4 Å². The second-order valence-corrected chi connectivity index (χ2v) is 8.67. The number of likely N-dealkylation sites (tertiary alicyclic amines) is 1. The van der Waals surface area contributed by atoms with Crippen molar-refractivity contribution in [1.29, 1.82) is 0 Å². The van der Waals surface area contributed by atoms with Gasteiger partial charge in [-0.25, -0.2) is 4.98 Å². The Balaban J connectivity index is 1.39. The maximum atomic E-state index is 12.7. The van der Waals surface area contributed by atoms with Crippen LogP contribution in [0.25, 0.3) is 0 Å². The summed E-state index contributed by atoms with van der Waals surface area (Å²) in [5.74, 6) is 2.40. The van der Waals surface area contributed by atoms with E-state index in [9.17, 15) is 4.79 Å². The SMILES string of the molecule is CCNC(=NCCCCn1ccnc1C)N1CCN(CC(=O)N2CCCCCC2)CC1. The smallest absolute Gasteiger partial charge is 0.236 e. The number of nitrogens with zero attached hydrogens (tertiary/aromatic N) is 6. The second kappa shape index (κ2) is 12.7. The Morgan fingerprint density at radius 3 is 2.42 bits per heavy atom. The van der Waals surface area contributed by atoms with E-state index in [2.05, 4.69) is 36.5 Å². The lowest BCUT2D eigenvalue weighted by Gasteiger charge is -2.37. The summed E-state index contributed by atoms with van der Waals surface area (Å²) in [5, 5.41) is 3.45. The lowest BCUT2D eigenvalue weighted by molar-refractivity contribution is -0.132. The van der Waals surface area contributed by atoms with Crippen LogP contribution in [0, 0.1) is 6.92 Å². The van der Waals surface area contributed by atoms with Gasteiger partial charge in [-0.1, -0.05) is 12.8 Å². The highest BCUT2D eigenvalue weighted by Gasteiger charge is 2.23. The van der Waals surface area contributed by atoms with E-state index in [1.54, 1.807) is 0 Å². The van der Waals surface area contributed by atoms with Crippen molar-refractivity contribution < 1.29 is 4.79 Å². The van der Waals surface area contributed by atoms with Crippen molar-refractivity contribution in [3.63, 3.8) is 0 Å². The predicted molar refractivity (Wildman–Crippen MR) is 125 cm³/mol. The summed E-state index contributed by atoms with van der Waals surface area (Å²) in [6, 6.07) is 0. The number of carbonyl (C=O) groups excluding carboxylic acids is 1. The molecule has 0 spiro atoms. The van der Waals surface area contributed by atoms with Crippen molar-refractivity contribution in [3.8, 4) is 0 Å². The topological polar surface area (TPSA) is 69.0 Å². The van der Waals surface area contributed by atoms with Crippen LogP contribution in [-0.4, -0.2) is 95.0 Å². The molecular weight excluding hydrogens is 390 g/mol. The number of aromatic nitrogens is 2. The zero-order valence-corrected chi connectivity index (χ0v) is 19.6. The van der Waals surface area contributed by atoms with Gasteiger partial charge in [-0.15, -0.1) is 0 Å². The Bertz CT molecular complexity index is 686. The maximum Gasteiger partial charge on any atom is 0.236 e. The molecule has 8 nitrogen and oxygen atoms in total. The number of carbonyl (C=O) groups is 1. The van der Waals surface area contributed by atoms with Crippen LogP contribution in [0.15, 0.2) is 17.4 Å². The molecule has 2 fully saturated rings. The minimum atomic E-state index is 0.309. The summed E-state index contributed by atoms with van der Waals surface area (Å²) in [6.45, 7) is 13.0. The van der Waals surface area contributed by atoms with Crippen LogP contribution in [0.1, 0.15) is 51.3 Å². The quantitative estimate of drug-likeness (QED) is 0.387. The molecule has 3 rings (SSSR count). The van der Waals surface area contributed by atoms with Crippen LogP contribution in [0.3, 0.4) is 0 Å². The van der Waals surface area contributed by atoms with Crippen LogP contribution in [-0.2, 0) is 11.3 Å². The van der Waals surface area contributed by atoms with Crippen LogP contribution >= 0.6 is 0 Å². The molecule has 174 valence electrons. The third-order valence-corrected chi connectivity index (χ3v) is 6.32. The highest BCUT2D eigenvalue weighted by atomic mass is 16.2. The number of piperazine rings is 1. The summed E-state index contributed by atoms with van der Waals surface area (Å²) in [4.78, 5) is 28.5. The summed E-state index contributed by atoms with van der Waals surface area (Å²) in [7, 11) is 0. The summed E-state index contributed by atoms with van der Waals surface area (Å²) in [5.41, 5.74) is 0. The van der Waals surface area contributed by atoms with E-state index < -0.39 is 0 Å². The molecule has 3 heterocycles. The molecule has 1 amide bonds. The van der Waals surface area contributed by atoms with Gasteiger partial charge < -0.3 is 19.7 Å². The predicted octanol–water partition coefficient (Wildman–Crippen LogP) is 1.96. The molecule has 0 unspecified atom stereocenters. The van der Waals surface area contributed by atoms with Gasteiger partial charge in [0, 0.05) is 71.3 Å². The summed E-state index contributed by atoms with van der Waals surface area (Å²) in [6.07, 6.45) is 10.9. The Labute approximate surface area is 187 Å². The van der Waals surface area contributed by atoms with Crippen molar-refractivity contribution >= 4 is 11.9 Å². The molecule has 31 heavy (non-hydrogen) atoms. The molecule has 1 aromatic heterocycles. The molecule has 2 saturated heterocycles. The number of amides is 1. The van der Waals surface area contributed by atoms with Gasteiger partial charge in [-0.3, -0.25) is 14.7 Å². The molecule has 0 bridgehead atoms. The van der Waals surface area contributed by atoms with E-state index in [1.165, 1.54) is 12.8 Å². The zero-order chi connectivity index (χ0) is 21.9. The normalized spacial score (nSPS) is 18.8. The highest BCUT2D eigenvalue weighted by Crippen LogP contribution is 2.11. The van der Waals surface area contributed by atoms with Crippen LogP contribution < -0.4 is 5.32 Å². The molecular formula is C23H41N7O. The maximum absolute atomic E-state index is 12.7. The number of aliphatic imine (C=N–C) groups is 1. The first-order chi connectivity index (χ1) is 15.2. The van der Waals surface area contributed by atoms with Gasteiger partial charge >= 0.3 is 0 Å². The number of imidazole rings is 1. The minimum Gasteiger partial charge on any atom is -0.357 e. The van der Waals surface area contributed by atoms with Crippen molar-refractivity contribution in [2.75, 3.05) is 58.9 Å². The van der Waals surface area contributed by atoms with Crippen molar-refractivity contribution in [2.45, 2.75) is 58.9 Å². The van der Waals surface area contributed by atoms with Gasteiger partial charge in [0.15, 0.2) is 5.96 Å². The molecule has 8 heteroatoms. The molecule has 2 aliphatic rings. The Morgan fingerprint density at radius 1 is 1.03 bits per heavy atom. The van der Waals surface area contributed by atoms with Crippen molar-refractivity contribution in [1.82, 2.24) is 29.6 Å². The number of unbranched alkanes of at least 4 members (excludes halogenated alkanes) is 1. The van der Waals surface area contributed by atoms with Gasteiger partial charge in [0.2, 0.25) is 5.91 Å². The standard InChI is InChI=1S/C23H41N7O/c1-3-24-23(26-10-6-9-12-28-15-11-25-21(28)2)30-18-16-27(17-19-30)20-22(31)29-13-7-4-5-8-14-29/h11,15H,3-10,12-14,16-20H2,1-2H3,(H,24,26). The van der Waals surface area contributed by atoms with Gasteiger partial charge in [0.25, 0.3) is 0 Å². The third kappa shape index (κ3) is 7.52. The molecule has 0 saturated carbocycles. The first-order valence-electron chi connectivity index (χ1n) is 12.2. The molecule has 0 radical (unpaired) electrons. The zero-order valence-electron chi connectivity index (χ0n) is 19.6. The number of hydrogen-bond acceptors (Lipinski definition) is 4. The highest BCUT2D eigenvalue weighted by molar-refractivity contribution is 5.80. The first kappa shape index (κ1) is 23.6. The van der Waals surface area contributed by atoms with Crippen molar-refractivity contribution in [3.05, 3.63) is 18.2 Å². The monoisotopic (exact) mass is 431 g/mol. The molecule has 0 aromatic carbocycles. The van der Waals surface area contributed by atoms with Crippen LogP contribution in [0.4, 0.5) is 0 Å². The minimum absolute atomic E-state index is 0.309. The number of guanidine groups is 1. The van der Waals surface area contributed by atoms with E-state index in [0.29, 0.717) is 12.5 Å². The van der Waals surface area contributed by atoms with Crippen molar-refractivity contribution in [2.24, 2.45) is 4.99 Å². The van der Waals surface area contributed by atoms with E-state index in [-0.39, 0.29) is 0 Å². The fourth-order valence-corrected chi connectivity index (χ4v) is 4.37. The third-order valence-electron chi connectivity index (χ3n) is 6.32. The Kier molecular flexibility index (Phi) is 9.65. The Hall–Kier alpha value is -2.09. The molecule has 1 aromatic rings. The molecule has 0 atom stereocenters. The fraction of sp³-hybridized carbons (Fsp3) is 0.783. The van der Waals surface area contributed by atoms with E-state index in [4.69, 9.17) is 4.99 Å². The van der Waals surface area contributed by atoms with Gasteiger partial charge in [0.1, 0.15) is 5.82 Å². The number of nitrogens with one attached hydrogen (secondary N) is 1. The first-order valence-corrected chi connectivity index (χ1v) is 12.2. The van der Waals surface area contributed by atoms with E-state index in [1.807, 2.05) is 19.3 Å². The average Bonchev–Trinajstić information content (AvgIpc) is 3.01. The number of rotatable bonds is 8. The second-order valence-electron chi connectivity index (χ2n) is 8.67. The van der Waals surface area contributed by atoms with E-state index >= 15 is 0 Å². The molecule has 1 N–H and O–H groups in total. The van der Waals surface area contributed by atoms with Crippen LogP contribution in [0.5, 0.6) is 0 Å². The lowest BCUT2D eigenvalue weighted by Crippen LogP contribution is -2.54. The largest absolute Gasteiger partial charge is 0.357 e. The average molecular weight is 432 g/mol. The number of aryl methyl sites for hydroxylation is 2. The van der Waals surface area contributed by atoms with Crippen LogP contribution in [0.2, 0.25) is 0 Å². The van der Waals surface area contributed by atoms with Gasteiger partial charge in [-0.2, -0.15) is 0 Å². The Morgan fingerprint density at radius 2 is 1.77 bits per heavy atom. The summed E-state index contributed by atoms with van der Waals surface area (Å²) >= 11 is 0. The van der Waals surface area contributed by atoms with Gasteiger partial charge in [-0.05, 0) is 39.5 Å². The lowest BCUT2D eigenvalue weighted by atomic mass is 10.2. The molecule has 2 aliphatic heterocycles. The number of hydrogen-bond donors (Lipinski definition) is 1. The van der Waals surface area contributed by atoms with Gasteiger partial charge in [0.05, 0.1) is 6.54 Å². The fourth-order valence-electron chi connectivity index (χ4n) is 4.37. The molecule has 0 aliphatic carbocycles. The summed E-state index contributed by atoms with van der Waals surface area (Å²) < 4.78 is 2.20.